The SMILES string of the molecule is Cc1cc(Br)ccc1NC(=O)CNC(=O)c1ccc(NC(=O)Nc2ccccc2)cc1. The van der Waals surface area contributed by atoms with Gasteiger partial charge in [0.25, 0.3) is 5.91 Å². The smallest absolute Gasteiger partial charge is 0.323 e. The largest absolute Gasteiger partial charge is 0.343 e. The van der Waals surface area contributed by atoms with Gasteiger partial charge >= 0.3 is 6.03 Å². The van der Waals surface area contributed by atoms with Crippen molar-refractivity contribution in [2.75, 3.05) is 22.5 Å². The van der Waals surface area contributed by atoms with Gasteiger partial charge in [-0.05, 0) is 67.1 Å². The quantitative estimate of drug-likeness (QED) is 0.408. The van der Waals surface area contributed by atoms with Crippen LogP contribution in [0.25, 0.3) is 0 Å². The molecule has 3 aromatic rings. The molecule has 0 bridgehead atoms. The van der Waals surface area contributed by atoms with Crippen molar-refractivity contribution < 1.29 is 14.4 Å². The molecule has 3 rings (SSSR count). The third kappa shape index (κ3) is 6.68. The maximum absolute atomic E-state index is 12.3. The monoisotopic (exact) mass is 480 g/mol. The molecule has 0 atom stereocenters. The lowest BCUT2D eigenvalue weighted by Crippen LogP contribution is -2.33. The van der Waals surface area contributed by atoms with Gasteiger partial charge in [-0.3, -0.25) is 9.59 Å². The lowest BCUT2D eigenvalue weighted by atomic mass is 10.2. The highest BCUT2D eigenvalue weighted by Gasteiger charge is 2.10. The topological polar surface area (TPSA) is 99.3 Å². The van der Waals surface area contributed by atoms with E-state index in [9.17, 15) is 14.4 Å². The Bertz CT molecular complexity index is 1090. The first-order chi connectivity index (χ1) is 14.9. The molecule has 7 nitrogen and oxygen atoms in total. The molecule has 31 heavy (non-hydrogen) atoms. The van der Waals surface area contributed by atoms with Gasteiger partial charge in [0, 0.05) is 27.1 Å². The molecule has 8 heteroatoms. The number of anilines is 3. The zero-order valence-corrected chi connectivity index (χ0v) is 18.3. The Kier molecular flexibility index (Phi) is 7.40. The highest BCUT2D eigenvalue weighted by atomic mass is 79.9. The van der Waals surface area contributed by atoms with E-state index in [4.69, 9.17) is 0 Å². The molecule has 4 N–H and O–H groups in total. The predicted molar refractivity (Wildman–Crippen MR) is 125 cm³/mol. The molecule has 158 valence electrons. The molecule has 0 aromatic heterocycles. The van der Waals surface area contributed by atoms with Crippen LogP contribution in [-0.2, 0) is 4.79 Å². The van der Waals surface area contributed by atoms with Crippen LogP contribution in [0.5, 0.6) is 0 Å². The molecule has 0 unspecified atom stereocenters. The number of carbonyl (C=O) groups excluding carboxylic acids is 3. The number of aryl methyl sites for hydroxylation is 1. The Labute approximate surface area is 188 Å². The molecule has 0 heterocycles. The Morgan fingerprint density at radius 1 is 0.806 bits per heavy atom. The highest BCUT2D eigenvalue weighted by Crippen LogP contribution is 2.19. The van der Waals surface area contributed by atoms with Gasteiger partial charge in [0.2, 0.25) is 5.91 Å². The van der Waals surface area contributed by atoms with E-state index in [1.165, 1.54) is 0 Å². The maximum Gasteiger partial charge on any atom is 0.323 e. The van der Waals surface area contributed by atoms with Gasteiger partial charge < -0.3 is 21.3 Å². The molecule has 4 amide bonds. The number of carbonyl (C=O) groups is 3. The number of halogens is 1. The van der Waals surface area contributed by atoms with Gasteiger partial charge in [-0.15, -0.1) is 0 Å². The molecule has 0 aliphatic rings. The first-order valence-corrected chi connectivity index (χ1v) is 10.3. The van der Waals surface area contributed by atoms with Gasteiger partial charge in [-0.2, -0.15) is 0 Å². The van der Waals surface area contributed by atoms with Crippen LogP contribution in [0.4, 0.5) is 21.9 Å². The van der Waals surface area contributed by atoms with Crippen LogP contribution >= 0.6 is 15.9 Å². The molecular weight excluding hydrogens is 460 g/mol. The summed E-state index contributed by atoms with van der Waals surface area (Å²) in [5, 5.41) is 10.8. The minimum Gasteiger partial charge on any atom is -0.343 e. The zero-order valence-electron chi connectivity index (χ0n) is 16.7. The summed E-state index contributed by atoms with van der Waals surface area (Å²) in [6.45, 7) is 1.72. The predicted octanol–water partition coefficient (Wildman–Crippen LogP) is 4.77. The number of amides is 4. The minimum atomic E-state index is -0.386. The van der Waals surface area contributed by atoms with E-state index in [2.05, 4.69) is 37.2 Å². The summed E-state index contributed by atoms with van der Waals surface area (Å²) in [6.07, 6.45) is 0. The molecular formula is C23H21BrN4O3. The van der Waals surface area contributed by atoms with Crippen LogP contribution in [0.2, 0.25) is 0 Å². The number of benzene rings is 3. The Morgan fingerprint density at radius 2 is 1.45 bits per heavy atom. The van der Waals surface area contributed by atoms with Crippen molar-refractivity contribution >= 4 is 50.8 Å². The fraction of sp³-hybridized carbons (Fsp3) is 0.0870. The molecule has 0 saturated heterocycles. The van der Waals surface area contributed by atoms with Gasteiger partial charge in [0.15, 0.2) is 0 Å². The van der Waals surface area contributed by atoms with E-state index >= 15 is 0 Å². The van der Waals surface area contributed by atoms with Crippen LogP contribution in [0, 0.1) is 6.92 Å². The van der Waals surface area contributed by atoms with Crippen molar-refractivity contribution in [3.63, 3.8) is 0 Å². The number of hydrogen-bond acceptors (Lipinski definition) is 3. The summed E-state index contributed by atoms with van der Waals surface area (Å²) in [5.41, 5.74) is 3.18. The number of hydrogen-bond donors (Lipinski definition) is 4. The molecule has 0 fully saturated rings. The van der Waals surface area contributed by atoms with Crippen LogP contribution in [0.1, 0.15) is 15.9 Å². The van der Waals surface area contributed by atoms with Crippen molar-refractivity contribution in [2.24, 2.45) is 0 Å². The molecule has 0 spiro atoms. The molecule has 0 aliphatic carbocycles. The molecule has 3 aromatic carbocycles. The lowest BCUT2D eigenvalue weighted by Gasteiger charge is -2.10. The second kappa shape index (κ2) is 10.4. The van der Waals surface area contributed by atoms with Gasteiger partial charge in [-0.25, -0.2) is 4.79 Å². The third-order valence-corrected chi connectivity index (χ3v) is 4.80. The Balaban J connectivity index is 1.48. The lowest BCUT2D eigenvalue weighted by molar-refractivity contribution is -0.115. The summed E-state index contributed by atoms with van der Waals surface area (Å²) in [5.74, 6) is -0.711. The fourth-order valence-corrected chi connectivity index (χ4v) is 3.22. The summed E-state index contributed by atoms with van der Waals surface area (Å²) in [7, 11) is 0. The van der Waals surface area contributed by atoms with Crippen LogP contribution in [0.15, 0.2) is 77.3 Å². The fourth-order valence-electron chi connectivity index (χ4n) is 2.74. The van der Waals surface area contributed by atoms with E-state index in [0.29, 0.717) is 22.6 Å². The number of para-hydroxylation sites is 1. The van der Waals surface area contributed by atoms with Crippen molar-refractivity contribution in [2.45, 2.75) is 6.92 Å². The van der Waals surface area contributed by atoms with Crippen molar-refractivity contribution in [3.8, 4) is 0 Å². The van der Waals surface area contributed by atoms with Crippen molar-refractivity contribution in [3.05, 3.63) is 88.4 Å². The number of rotatable bonds is 6. The van der Waals surface area contributed by atoms with Crippen molar-refractivity contribution in [1.29, 1.82) is 0 Å². The number of urea groups is 1. The van der Waals surface area contributed by atoms with Crippen LogP contribution in [0.3, 0.4) is 0 Å². The second-order valence-corrected chi connectivity index (χ2v) is 7.63. The minimum absolute atomic E-state index is 0.159. The van der Waals surface area contributed by atoms with Gasteiger partial charge in [-0.1, -0.05) is 34.1 Å². The maximum atomic E-state index is 12.3. The van der Waals surface area contributed by atoms with E-state index in [1.54, 1.807) is 42.5 Å². The van der Waals surface area contributed by atoms with Crippen molar-refractivity contribution in [1.82, 2.24) is 5.32 Å². The summed E-state index contributed by atoms with van der Waals surface area (Å²) in [4.78, 5) is 36.4. The average molecular weight is 481 g/mol. The molecule has 0 saturated carbocycles. The Morgan fingerprint density at radius 3 is 2.10 bits per heavy atom. The average Bonchev–Trinajstić information content (AvgIpc) is 2.75. The van der Waals surface area contributed by atoms with Crippen LogP contribution < -0.4 is 21.3 Å². The summed E-state index contributed by atoms with van der Waals surface area (Å²) in [6, 6.07) is 20.6. The zero-order chi connectivity index (χ0) is 22.2. The van der Waals surface area contributed by atoms with E-state index in [0.717, 1.165) is 10.0 Å². The summed E-state index contributed by atoms with van der Waals surface area (Å²) < 4.78 is 0.923. The standard InChI is InChI=1S/C23H21BrN4O3/c1-15-13-17(24)9-12-20(15)28-21(29)14-25-22(30)16-7-10-19(11-8-16)27-23(31)26-18-5-3-2-4-6-18/h2-13H,14H2,1H3,(H,25,30)(H,28,29)(H2,26,27,31). The normalized spacial score (nSPS) is 10.1. The van der Waals surface area contributed by atoms with E-state index < -0.39 is 0 Å². The summed E-state index contributed by atoms with van der Waals surface area (Å²) >= 11 is 3.37. The van der Waals surface area contributed by atoms with E-state index in [1.807, 2.05) is 37.3 Å². The first kappa shape index (κ1) is 22.0. The molecule has 0 radical (unpaired) electrons. The molecule has 0 aliphatic heterocycles. The van der Waals surface area contributed by atoms with Gasteiger partial charge in [0.05, 0.1) is 6.54 Å². The highest BCUT2D eigenvalue weighted by molar-refractivity contribution is 9.10. The Hall–Kier alpha value is -3.65. The third-order valence-electron chi connectivity index (χ3n) is 4.31. The number of nitrogens with one attached hydrogen (secondary N) is 4. The first-order valence-electron chi connectivity index (χ1n) is 9.48. The van der Waals surface area contributed by atoms with Crippen LogP contribution in [-0.4, -0.2) is 24.4 Å². The van der Waals surface area contributed by atoms with E-state index in [-0.39, 0.29) is 24.4 Å². The van der Waals surface area contributed by atoms with Gasteiger partial charge in [0.1, 0.15) is 0 Å². The second-order valence-electron chi connectivity index (χ2n) is 6.71.